The van der Waals surface area contributed by atoms with E-state index >= 15 is 0 Å². The Morgan fingerprint density at radius 2 is 1.26 bits per heavy atom. The highest BCUT2D eigenvalue weighted by molar-refractivity contribution is 5.69. The van der Waals surface area contributed by atoms with Crippen LogP contribution in [0.3, 0.4) is 0 Å². The Balaban J connectivity index is 1.07. The number of imidazole rings is 2. The number of fused-ring (bicyclic) bond motifs is 2. The summed E-state index contributed by atoms with van der Waals surface area (Å²) in [5.74, 6) is 5.22. The second-order valence-corrected chi connectivity index (χ2v) is 14.0. The first-order valence-electron chi connectivity index (χ1n) is 16.5. The van der Waals surface area contributed by atoms with E-state index in [-0.39, 0.29) is 0 Å². The maximum atomic E-state index is 4.90. The van der Waals surface area contributed by atoms with E-state index in [9.17, 15) is 0 Å². The zero-order chi connectivity index (χ0) is 25.8. The van der Waals surface area contributed by atoms with Gasteiger partial charge in [-0.15, -0.1) is 0 Å². The van der Waals surface area contributed by atoms with Gasteiger partial charge in [-0.05, 0) is 105 Å². The molecule has 0 amide bonds. The van der Waals surface area contributed by atoms with E-state index in [0.717, 1.165) is 0 Å². The second-order valence-electron chi connectivity index (χ2n) is 14.0. The number of H-pyrrole nitrogens is 2. The zero-order valence-corrected chi connectivity index (χ0v) is 23.7. The van der Waals surface area contributed by atoms with Crippen LogP contribution in [0.5, 0.6) is 0 Å². The second kappa shape index (κ2) is 9.93. The first-order valence-corrected chi connectivity index (χ1v) is 16.5. The molecule has 4 heteroatoms. The van der Waals surface area contributed by atoms with Gasteiger partial charge in [0.1, 0.15) is 11.6 Å². The molecule has 4 nitrogen and oxygen atoms in total. The Hall–Kier alpha value is -2.36. The van der Waals surface area contributed by atoms with Crippen LogP contribution < -0.4 is 0 Å². The van der Waals surface area contributed by atoms with Crippen LogP contribution in [0.2, 0.25) is 0 Å². The van der Waals surface area contributed by atoms with E-state index in [1.807, 2.05) is 0 Å². The van der Waals surface area contributed by atoms with Crippen molar-refractivity contribution in [3.63, 3.8) is 0 Å². The summed E-state index contributed by atoms with van der Waals surface area (Å²) < 4.78 is 0. The molecule has 0 unspecified atom stereocenters. The Morgan fingerprint density at radius 3 is 1.97 bits per heavy atom. The maximum absolute atomic E-state index is 4.90. The molecular weight excluding hydrogens is 476 g/mol. The van der Waals surface area contributed by atoms with Gasteiger partial charge in [-0.2, -0.15) is 0 Å². The van der Waals surface area contributed by atoms with Gasteiger partial charge in [-0.3, -0.25) is 0 Å². The smallest absolute Gasteiger partial charge is 0.109 e. The van der Waals surface area contributed by atoms with E-state index in [1.165, 1.54) is 144 Å². The minimum absolute atomic E-state index is 0.450. The van der Waals surface area contributed by atoms with Gasteiger partial charge in [-0.1, -0.05) is 50.7 Å². The monoisotopic (exact) mass is 522 g/mol. The molecule has 2 heterocycles. The quantitative estimate of drug-likeness (QED) is 0.351. The molecule has 0 saturated heterocycles. The molecule has 1 aromatic carbocycles. The lowest BCUT2D eigenvalue weighted by atomic mass is 9.71. The van der Waals surface area contributed by atoms with Crippen molar-refractivity contribution in [3.8, 4) is 11.3 Å². The summed E-state index contributed by atoms with van der Waals surface area (Å²) in [5.41, 5.74) is 9.79. The third kappa shape index (κ3) is 4.23. The number of hydrogen-bond acceptors (Lipinski definition) is 2. The first kappa shape index (κ1) is 24.4. The van der Waals surface area contributed by atoms with Crippen molar-refractivity contribution in [2.75, 3.05) is 0 Å². The molecule has 5 aliphatic rings. The van der Waals surface area contributed by atoms with Crippen LogP contribution in [-0.4, -0.2) is 19.9 Å². The first-order chi connectivity index (χ1) is 19.3. The Morgan fingerprint density at radius 1 is 0.615 bits per heavy atom. The lowest BCUT2D eigenvalue weighted by Gasteiger charge is -2.34. The van der Waals surface area contributed by atoms with Crippen LogP contribution >= 0.6 is 0 Å². The summed E-state index contributed by atoms with van der Waals surface area (Å²) in [4.78, 5) is 17.3. The van der Waals surface area contributed by atoms with Crippen molar-refractivity contribution in [3.05, 3.63) is 58.6 Å². The molecule has 3 aromatic rings. The van der Waals surface area contributed by atoms with Crippen LogP contribution in [0.15, 0.2) is 24.5 Å². The summed E-state index contributed by atoms with van der Waals surface area (Å²) in [7, 11) is 0. The average molecular weight is 523 g/mol. The maximum Gasteiger partial charge on any atom is 0.109 e. The molecule has 0 aliphatic heterocycles. The molecule has 0 bridgehead atoms. The van der Waals surface area contributed by atoms with Gasteiger partial charge in [0.05, 0.1) is 11.9 Å². The van der Waals surface area contributed by atoms with E-state index < -0.39 is 0 Å². The number of nitrogens with zero attached hydrogens (tertiary/aromatic N) is 2. The molecular formula is C35H46N4. The summed E-state index contributed by atoms with van der Waals surface area (Å²) in [6.07, 6.45) is 28.5. The number of benzene rings is 1. The molecule has 0 radical (unpaired) electrons. The Bertz CT molecular complexity index is 1300. The van der Waals surface area contributed by atoms with Crippen molar-refractivity contribution in [1.82, 2.24) is 19.9 Å². The minimum Gasteiger partial charge on any atom is -0.345 e. The van der Waals surface area contributed by atoms with E-state index in [4.69, 9.17) is 9.97 Å². The molecule has 5 aliphatic carbocycles. The number of aromatic amines is 2. The molecule has 206 valence electrons. The van der Waals surface area contributed by atoms with E-state index in [0.29, 0.717) is 29.1 Å². The number of nitrogens with one attached hydrogen (secondary N) is 2. The predicted molar refractivity (Wildman–Crippen MR) is 157 cm³/mol. The van der Waals surface area contributed by atoms with Crippen molar-refractivity contribution in [2.45, 2.75) is 145 Å². The van der Waals surface area contributed by atoms with Crippen LogP contribution in [-0.2, 0) is 11.8 Å². The molecule has 1 spiro atoms. The van der Waals surface area contributed by atoms with Gasteiger partial charge in [-0.25, -0.2) is 9.97 Å². The highest BCUT2D eigenvalue weighted by Crippen LogP contribution is 2.56. The number of rotatable bonds is 5. The third-order valence-corrected chi connectivity index (χ3v) is 11.9. The van der Waals surface area contributed by atoms with Crippen LogP contribution in [0.25, 0.3) is 11.3 Å². The highest BCUT2D eigenvalue weighted by atomic mass is 14.9. The standard InChI is InChI=1S/C35H46N4/c1-2-8-25(7-1)33-36-21-30(38-33)24-13-11-23(12-14-24)27-15-16-28(29-17-20-35(32(27)29)18-5-6-19-35)31-22-37-34(39-31)26-9-3-4-10-26/h15-16,21-26H,1-14,17-20H2,(H,36,38)(H,37,39). The summed E-state index contributed by atoms with van der Waals surface area (Å²) in [6, 6.07) is 5.04. The summed E-state index contributed by atoms with van der Waals surface area (Å²) in [5, 5.41) is 0. The van der Waals surface area contributed by atoms with Gasteiger partial charge < -0.3 is 9.97 Å². The van der Waals surface area contributed by atoms with Gasteiger partial charge in [0.25, 0.3) is 0 Å². The van der Waals surface area contributed by atoms with Crippen molar-refractivity contribution >= 4 is 0 Å². The van der Waals surface area contributed by atoms with Crippen LogP contribution in [0.4, 0.5) is 0 Å². The number of aromatic nitrogens is 4. The fourth-order valence-electron chi connectivity index (χ4n) is 9.75. The molecule has 4 saturated carbocycles. The lowest BCUT2D eigenvalue weighted by Crippen LogP contribution is -2.22. The van der Waals surface area contributed by atoms with Crippen molar-refractivity contribution in [1.29, 1.82) is 0 Å². The Kier molecular flexibility index (Phi) is 6.22. The fraction of sp³-hybridized carbons (Fsp3) is 0.657. The lowest BCUT2D eigenvalue weighted by molar-refractivity contribution is 0.379. The van der Waals surface area contributed by atoms with E-state index in [1.54, 1.807) is 16.7 Å². The van der Waals surface area contributed by atoms with Crippen molar-refractivity contribution in [2.24, 2.45) is 0 Å². The molecule has 0 atom stereocenters. The van der Waals surface area contributed by atoms with Crippen LogP contribution in [0.1, 0.15) is 167 Å². The number of hydrogen-bond donors (Lipinski definition) is 2. The SMILES string of the molecule is c1nc(C2CCCC2)[nH]c1-c1ccc(C2CCC(c3cnc(C4CCCC4)[nH]3)CC2)c2c1CCC21CCCC1. The normalized spacial score (nSPS) is 27.2. The molecule has 39 heavy (non-hydrogen) atoms. The molecule has 8 rings (SSSR count). The minimum atomic E-state index is 0.450. The third-order valence-electron chi connectivity index (χ3n) is 11.9. The summed E-state index contributed by atoms with van der Waals surface area (Å²) in [6.45, 7) is 0. The average Bonchev–Trinajstić information content (AvgIpc) is 3.82. The molecule has 2 aromatic heterocycles. The predicted octanol–water partition coefficient (Wildman–Crippen LogP) is 9.31. The van der Waals surface area contributed by atoms with Gasteiger partial charge in [0.15, 0.2) is 0 Å². The van der Waals surface area contributed by atoms with Gasteiger partial charge in [0.2, 0.25) is 0 Å². The van der Waals surface area contributed by atoms with Gasteiger partial charge >= 0.3 is 0 Å². The van der Waals surface area contributed by atoms with E-state index in [2.05, 4.69) is 34.5 Å². The van der Waals surface area contributed by atoms with Gasteiger partial charge in [0, 0.05) is 35.2 Å². The molecule has 2 N–H and O–H groups in total. The Labute approximate surface area is 234 Å². The van der Waals surface area contributed by atoms with Crippen molar-refractivity contribution < 1.29 is 0 Å². The topological polar surface area (TPSA) is 57.4 Å². The highest BCUT2D eigenvalue weighted by Gasteiger charge is 2.44. The van der Waals surface area contributed by atoms with Crippen LogP contribution in [0, 0.1) is 0 Å². The summed E-state index contributed by atoms with van der Waals surface area (Å²) >= 11 is 0. The fourth-order valence-corrected chi connectivity index (χ4v) is 9.75. The largest absolute Gasteiger partial charge is 0.345 e. The zero-order valence-electron chi connectivity index (χ0n) is 23.7. The molecule has 4 fully saturated rings.